The molecule has 1 aliphatic heterocycles. The van der Waals surface area contributed by atoms with Crippen molar-refractivity contribution in [3.8, 4) is 11.3 Å². The fraction of sp³-hybridized carbons (Fsp3) is 0.100. The fourth-order valence-electron chi connectivity index (χ4n) is 3.11. The summed E-state index contributed by atoms with van der Waals surface area (Å²) in [6.07, 6.45) is 1.88. The van der Waals surface area contributed by atoms with Gasteiger partial charge in [0.1, 0.15) is 17.5 Å². The number of hydrogen-bond donors (Lipinski definition) is 2. The van der Waals surface area contributed by atoms with Gasteiger partial charge in [-0.2, -0.15) is 0 Å². The first-order valence-electron chi connectivity index (χ1n) is 8.21. The molecule has 26 heavy (non-hydrogen) atoms. The molecule has 0 radical (unpaired) electrons. The molecule has 0 fully saturated rings. The third kappa shape index (κ3) is 3.07. The Bertz CT molecular complexity index is 997. The third-order valence-corrected chi connectivity index (χ3v) is 4.36. The Morgan fingerprint density at radius 1 is 0.923 bits per heavy atom. The van der Waals surface area contributed by atoms with E-state index < -0.39 is 11.6 Å². The molecule has 2 aromatic carbocycles. The number of hydrogen-bond acceptors (Lipinski definition) is 4. The molecule has 0 spiro atoms. The Morgan fingerprint density at radius 2 is 1.81 bits per heavy atom. The molecule has 0 bridgehead atoms. The van der Waals surface area contributed by atoms with Crippen LogP contribution in [-0.2, 0) is 6.54 Å². The van der Waals surface area contributed by atoms with Gasteiger partial charge in [0.05, 0.1) is 5.69 Å². The van der Waals surface area contributed by atoms with Crippen LogP contribution in [0, 0.1) is 11.6 Å². The van der Waals surface area contributed by atoms with Crippen LogP contribution in [0.4, 0.5) is 14.6 Å². The molecule has 3 N–H and O–H groups in total. The number of benzene rings is 2. The van der Waals surface area contributed by atoms with Crippen LogP contribution < -0.4 is 11.1 Å². The molecule has 1 aliphatic rings. The molecular weight excluding hydrogens is 334 g/mol. The van der Waals surface area contributed by atoms with Gasteiger partial charge in [0, 0.05) is 24.2 Å². The Morgan fingerprint density at radius 3 is 2.62 bits per heavy atom. The molecule has 2 heterocycles. The van der Waals surface area contributed by atoms with E-state index in [0.717, 1.165) is 28.8 Å². The molecule has 4 nitrogen and oxygen atoms in total. The van der Waals surface area contributed by atoms with Gasteiger partial charge < -0.3 is 11.1 Å². The highest BCUT2D eigenvalue weighted by atomic mass is 19.1. The van der Waals surface area contributed by atoms with E-state index in [1.165, 1.54) is 6.07 Å². The lowest BCUT2D eigenvalue weighted by atomic mass is 9.92. The van der Waals surface area contributed by atoms with Gasteiger partial charge in [-0.15, -0.1) is 10.2 Å². The first-order chi connectivity index (χ1) is 12.6. The van der Waals surface area contributed by atoms with E-state index in [4.69, 9.17) is 5.73 Å². The summed E-state index contributed by atoms with van der Waals surface area (Å²) < 4.78 is 28.0. The highest BCUT2D eigenvalue weighted by molar-refractivity contribution is 5.83. The summed E-state index contributed by atoms with van der Waals surface area (Å²) in [7, 11) is 0. The van der Waals surface area contributed by atoms with Crippen molar-refractivity contribution in [2.45, 2.75) is 6.54 Å². The van der Waals surface area contributed by atoms with Crippen molar-refractivity contribution in [3.63, 3.8) is 0 Å². The second kappa shape index (κ2) is 6.65. The zero-order chi connectivity index (χ0) is 18.1. The summed E-state index contributed by atoms with van der Waals surface area (Å²) in [5, 5.41) is 11.3. The average molecular weight is 350 g/mol. The number of aromatic nitrogens is 2. The van der Waals surface area contributed by atoms with Crippen molar-refractivity contribution in [1.82, 2.24) is 15.5 Å². The molecule has 1 aromatic heterocycles. The van der Waals surface area contributed by atoms with Crippen LogP contribution in [0.25, 0.3) is 16.8 Å². The normalized spacial score (nSPS) is 13.7. The lowest BCUT2D eigenvalue weighted by Crippen LogP contribution is -2.11. The van der Waals surface area contributed by atoms with Gasteiger partial charge in [0.2, 0.25) is 0 Å². The molecule has 130 valence electrons. The Balaban J connectivity index is 1.81. The van der Waals surface area contributed by atoms with Crippen LogP contribution in [0.2, 0.25) is 0 Å². The predicted octanol–water partition coefficient (Wildman–Crippen LogP) is 3.54. The number of rotatable bonds is 2. The molecule has 6 heteroatoms. The quantitative estimate of drug-likeness (QED) is 0.742. The number of nitrogens with zero attached hydrogens (tertiary/aromatic N) is 2. The lowest BCUT2D eigenvalue weighted by molar-refractivity contribution is 0.597. The van der Waals surface area contributed by atoms with E-state index in [9.17, 15) is 8.78 Å². The second-order valence-corrected chi connectivity index (χ2v) is 6.09. The van der Waals surface area contributed by atoms with E-state index in [2.05, 4.69) is 15.5 Å². The summed E-state index contributed by atoms with van der Waals surface area (Å²) in [6, 6.07) is 12.8. The molecule has 4 rings (SSSR count). The largest absolute Gasteiger partial charge is 0.382 e. The van der Waals surface area contributed by atoms with Crippen LogP contribution >= 0.6 is 0 Å². The van der Waals surface area contributed by atoms with Crippen LogP contribution in [0.5, 0.6) is 0 Å². The fourth-order valence-corrected chi connectivity index (χ4v) is 3.11. The summed E-state index contributed by atoms with van der Waals surface area (Å²) in [6.45, 7) is 1.18. The Labute approximate surface area is 149 Å². The van der Waals surface area contributed by atoms with Crippen molar-refractivity contribution >= 4 is 11.4 Å². The average Bonchev–Trinajstić information content (AvgIpc) is 2.86. The maximum atomic E-state index is 14.3. The maximum Gasteiger partial charge on any atom is 0.146 e. The summed E-state index contributed by atoms with van der Waals surface area (Å²) in [5.74, 6) is -0.550. The van der Waals surface area contributed by atoms with Gasteiger partial charge in [-0.3, -0.25) is 0 Å². The number of nitrogens with one attached hydrogen (secondary N) is 1. The van der Waals surface area contributed by atoms with Gasteiger partial charge in [0.15, 0.2) is 0 Å². The zero-order valence-corrected chi connectivity index (χ0v) is 13.8. The van der Waals surface area contributed by atoms with Crippen molar-refractivity contribution in [2.24, 2.45) is 0 Å². The Hall–Kier alpha value is -3.12. The van der Waals surface area contributed by atoms with E-state index in [0.29, 0.717) is 30.2 Å². The minimum Gasteiger partial charge on any atom is -0.382 e. The van der Waals surface area contributed by atoms with Crippen LogP contribution in [-0.4, -0.2) is 16.7 Å². The highest BCUT2D eigenvalue weighted by Crippen LogP contribution is 2.32. The number of halogens is 2. The van der Waals surface area contributed by atoms with Gasteiger partial charge in [-0.25, -0.2) is 8.78 Å². The van der Waals surface area contributed by atoms with E-state index >= 15 is 0 Å². The van der Waals surface area contributed by atoms with Crippen molar-refractivity contribution in [2.75, 3.05) is 12.3 Å². The highest BCUT2D eigenvalue weighted by Gasteiger charge is 2.17. The molecule has 0 unspecified atom stereocenters. The molecule has 0 saturated carbocycles. The second-order valence-electron chi connectivity index (χ2n) is 6.09. The number of nitrogen functional groups attached to an aromatic ring is 1. The topological polar surface area (TPSA) is 63.8 Å². The number of anilines is 1. The van der Waals surface area contributed by atoms with Crippen molar-refractivity contribution < 1.29 is 8.78 Å². The maximum absolute atomic E-state index is 14.3. The van der Waals surface area contributed by atoms with E-state index in [1.54, 1.807) is 12.1 Å². The van der Waals surface area contributed by atoms with Gasteiger partial charge in [-0.1, -0.05) is 18.2 Å². The lowest BCUT2D eigenvalue weighted by Gasteiger charge is -2.13. The Kier molecular flexibility index (Phi) is 4.18. The van der Waals surface area contributed by atoms with Crippen LogP contribution in [0.1, 0.15) is 16.7 Å². The van der Waals surface area contributed by atoms with Crippen LogP contribution in [0.3, 0.4) is 0 Å². The zero-order valence-electron chi connectivity index (χ0n) is 13.8. The standard InChI is InChI=1S/C20H16F2N4/c21-14-2-4-18(22)17(10-14)16-7-8-24-11-13-9-12(1-3-15(13)16)19-5-6-20(23)26-25-19/h1-7,9-10,24H,8,11H2,(H2,23,26). The first-order valence-corrected chi connectivity index (χ1v) is 8.21. The van der Waals surface area contributed by atoms with E-state index in [1.807, 2.05) is 24.3 Å². The van der Waals surface area contributed by atoms with Gasteiger partial charge in [0.25, 0.3) is 0 Å². The smallest absolute Gasteiger partial charge is 0.146 e. The van der Waals surface area contributed by atoms with Gasteiger partial charge >= 0.3 is 0 Å². The van der Waals surface area contributed by atoms with Crippen molar-refractivity contribution in [3.05, 3.63) is 82.9 Å². The first kappa shape index (κ1) is 16.4. The predicted molar refractivity (Wildman–Crippen MR) is 97.0 cm³/mol. The number of fused-ring (bicyclic) bond motifs is 1. The molecule has 0 atom stereocenters. The molecule has 3 aromatic rings. The third-order valence-electron chi connectivity index (χ3n) is 4.36. The minimum atomic E-state index is -0.463. The monoisotopic (exact) mass is 350 g/mol. The van der Waals surface area contributed by atoms with Gasteiger partial charge in [-0.05, 0) is 53.1 Å². The van der Waals surface area contributed by atoms with Crippen LogP contribution in [0.15, 0.2) is 54.6 Å². The minimum absolute atomic E-state index is 0.259. The van der Waals surface area contributed by atoms with E-state index in [-0.39, 0.29) is 5.56 Å². The molecule has 0 aliphatic carbocycles. The summed E-state index contributed by atoms with van der Waals surface area (Å²) in [4.78, 5) is 0. The summed E-state index contributed by atoms with van der Waals surface area (Å²) >= 11 is 0. The number of nitrogens with two attached hydrogens (primary N) is 1. The molecule has 0 saturated heterocycles. The SMILES string of the molecule is Nc1ccc(-c2ccc3c(c2)CNCC=C3c2cc(F)ccc2F)nn1. The van der Waals surface area contributed by atoms with Crippen molar-refractivity contribution in [1.29, 1.82) is 0 Å². The molecular formula is C20H16F2N4. The molecule has 0 amide bonds. The summed E-state index contributed by atoms with van der Waals surface area (Å²) in [5.41, 5.74) is 9.96.